The summed E-state index contributed by atoms with van der Waals surface area (Å²) in [6.07, 6.45) is 4.73. The first-order chi connectivity index (χ1) is 13.0. The maximum atomic E-state index is 12.0. The van der Waals surface area contributed by atoms with Crippen LogP contribution < -0.4 is 11.1 Å². The summed E-state index contributed by atoms with van der Waals surface area (Å²) >= 11 is 0. The van der Waals surface area contributed by atoms with Crippen molar-refractivity contribution in [3.63, 3.8) is 0 Å². The largest absolute Gasteiger partial charge is 0.460 e. The van der Waals surface area contributed by atoms with Gasteiger partial charge in [-0.15, -0.1) is 0 Å². The highest BCUT2D eigenvalue weighted by atomic mass is 16.3. The Bertz CT molecular complexity index is 1100. The molecule has 27 heavy (non-hydrogen) atoms. The Morgan fingerprint density at radius 1 is 1.33 bits per heavy atom. The zero-order valence-electron chi connectivity index (χ0n) is 14.9. The highest BCUT2D eigenvalue weighted by molar-refractivity contribution is 5.97. The number of aryl methyl sites for hydroxylation is 2. The van der Waals surface area contributed by atoms with Crippen LogP contribution in [-0.2, 0) is 22.4 Å². The van der Waals surface area contributed by atoms with Gasteiger partial charge in [-0.2, -0.15) is 0 Å². The zero-order valence-corrected chi connectivity index (χ0v) is 14.9. The van der Waals surface area contributed by atoms with Crippen molar-refractivity contribution in [3.05, 3.63) is 64.6 Å². The van der Waals surface area contributed by atoms with Gasteiger partial charge in [-0.1, -0.05) is 18.2 Å². The molecule has 0 unspecified atom stereocenters. The fourth-order valence-electron chi connectivity index (χ4n) is 3.33. The number of aromatic nitrogens is 1. The summed E-state index contributed by atoms with van der Waals surface area (Å²) in [7, 11) is 0. The fourth-order valence-corrected chi connectivity index (χ4v) is 3.33. The number of benzene rings is 1. The molecule has 0 fully saturated rings. The van der Waals surface area contributed by atoms with Gasteiger partial charge < -0.3 is 15.5 Å². The number of carbonyl (C=O) groups excluding carboxylic acids is 2. The molecule has 0 bridgehead atoms. The monoisotopic (exact) mass is 361 g/mol. The summed E-state index contributed by atoms with van der Waals surface area (Å²) in [6.45, 7) is 1.98. The Balaban J connectivity index is 1.67. The first-order valence-corrected chi connectivity index (χ1v) is 8.77. The minimum Gasteiger partial charge on any atom is -0.460 e. The predicted molar refractivity (Wildman–Crippen MR) is 103 cm³/mol. The molecule has 0 spiro atoms. The first kappa shape index (κ1) is 17.0. The number of fused-ring (bicyclic) bond motifs is 2. The van der Waals surface area contributed by atoms with Gasteiger partial charge in [0.1, 0.15) is 17.2 Å². The summed E-state index contributed by atoms with van der Waals surface area (Å²) in [5.41, 5.74) is 9.57. The molecule has 3 aromatic rings. The maximum Gasteiger partial charge on any atom is 0.245 e. The second kappa shape index (κ2) is 6.72. The lowest BCUT2D eigenvalue weighted by Gasteiger charge is -2.15. The van der Waals surface area contributed by atoms with E-state index >= 15 is 0 Å². The van der Waals surface area contributed by atoms with E-state index in [0.717, 1.165) is 33.4 Å². The Kier molecular flexibility index (Phi) is 4.24. The number of para-hydroxylation sites is 1. The van der Waals surface area contributed by atoms with E-state index < -0.39 is 5.91 Å². The van der Waals surface area contributed by atoms with E-state index in [4.69, 9.17) is 10.2 Å². The predicted octanol–water partition coefficient (Wildman–Crippen LogP) is 3.13. The third kappa shape index (κ3) is 3.33. The van der Waals surface area contributed by atoms with E-state index in [0.29, 0.717) is 30.7 Å². The minimum atomic E-state index is -0.499. The molecule has 136 valence electrons. The van der Waals surface area contributed by atoms with Crippen LogP contribution in [0.1, 0.15) is 28.9 Å². The molecule has 1 aromatic carbocycles. The number of rotatable bonds is 4. The first-order valence-electron chi connectivity index (χ1n) is 8.77. The summed E-state index contributed by atoms with van der Waals surface area (Å²) in [5, 5.41) is 3.78. The molecule has 6 nitrogen and oxygen atoms in total. The van der Waals surface area contributed by atoms with Gasteiger partial charge in [-0.05, 0) is 48.2 Å². The molecule has 6 heteroatoms. The van der Waals surface area contributed by atoms with E-state index in [1.54, 1.807) is 12.3 Å². The number of nitrogens with two attached hydrogens (primary N) is 1. The molecule has 0 atom stereocenters. The number of hydrogen-bond donors (Lipinski definition) is 2. The van der Waals surface area contributed by atoms with Crippen molar-refractivity contribution in [1.29, 1.82) is 0 Å². The number of primary amides is 1. The SMILES string of the molecule is Cc1c(C/C(=C/c2cnc3c(c2)CCC(=O)N3)C(N)=O)oc2ccccc12. The second-order valence-corrected chi connectivity index (χ2v) is 6.68. The summed E-state index contributed by atoms with van der Waals surface area (Å²) in [5.74, 6) is 0.772. The van der Waals surface area contributed by atoms with Crippen molar-refractivity contribution in [2.24, 2.45) is 5.73 Å². The normalized spacial score (nSPS) is 14.1. The highest BCUT2D eigenvalue weighted by Gasteiger charge is 2.17. The molecule has 0 aliphatic carbocycles. The lowest BCUT2D eigenvalue weighted by atomic mass is 10.0. The topological polar surface area (TPSA) is 98.2 Å². The molecule has 4 rings (SSSR count). The van der Waals surface area contributed by atoms with Crippen molar-refractivity contribution in [2.75, 3.05) is 5.32 Å². The summed E-state index contributed by atoms with van der Waals surface area (Å²) < 4.78 is 5.91. The van der Waals surface area contributed by atoms with E-state index in [-0.39, 0.29) is 5.91 Å². The van der Waals surface area contributed by atoms with Crippen LogP contribution in [0, 0.1) is 6.92 Å². The zero-order chi connectivity index (χ0) is 19.0. The standard InChI is InChI=1S/C21H19N3O3/c1-12-16-4-2-3-5-17(16)27-18(12)10-15(20(22)26)9-13-8-14-6-7-19(25)24-21(14)23-11-13/h2-5,8-9,11H,6-7,10H2,1H3,(H2,22,26)(H,23,24,25)/b15-9-. The minimum absolute atomic E-state index is 0.0310. The van der Waals surface area contributed by atoms with Gasteiger partial charge in [0, 0.05) is 30.0 Å². The van der Waals surface area contributed by atoms with Crippen molar-refractivity contribution in [2.45, 2.75) is 26.2 Å². The van der Waals surface area contributed by atoms with Gasteiger partial charge in [-0.25, -0.2) is 4.98 Å². The average molecular weight is 361 g/mol. The van der Waals surface area contributed by atoms with Crippen LogP contribution in [-0.4, -0.2) is 16.8 Å². The summed E-state index contributed by atoms with van der Waals surface area (Å²) in [6, 6.07) is 9.69. The van der Waals surface area contributed by atoms with E-state index in [9.17, 15) is 9.59 Å². The number of amides is 2. The van der Waals surface area contributed by atoms with Gasteiger partial charge >= 0.3 is 0 Å². The Morgan fingerprint density at radius 2 is 2.15 bits per heavy atom. The Labute approximate surface area is 156 Å². The lowest BCUT2D eigenvalue weighted by molar-refractivity contribution is -0.116. The van der Waals surface area contributed by atoms with Crippen LogP contribution >= 0.6 is 0 Å². The third-order valence-corrected chi connectivity index (χ3v) is 4.82. The Hall–Kier alpha value is -3.41. The van der Waals surface area contributed by atoms with Gasteiger partial charge in [0.15, 0.2) is 0 Å². The number of nitrogens with zero attached hydrogens (tertiary/aromatic N) is 1. The van der Waals surface area contributed by atoms with Crippen molar-refractivity contribution in [1.82, 2.24) is 4.98 Å². The van der Waals surface area contributed by atoms with Gasteiger partial charge in [-0.3, -0.25) is 9.59 Å². The molecule has 0 saturated carbocycles. The molecule has 1 aliphatic heterocycles. The van der Waals surface area contributed by atoms with Crippen molar-refractivity contribution in [3.8, 4) is 0 Å². The van der Waals surface area contributed by atoms with Crippen LogP contribution in [0.3, 0.4) is 0 Å². The van der Waals surface area contributed by atoms with Crippen molar-refractivity contribution < 1.29 is 14.0 Å². The molecule has 2 amide bonds. The molecule has 0 saturated heterocycles. The third-order valence-electron chi connectivity index (χ3n) is 4.82. The van der Waals surface area contributed by atoms with Gasteiger partial charge in [0.25, 0.3) is 0 Å². The number of furan rings is 1. The molecular formula is C21H19N3O3. The van der Waals surface area contributed by atoms with E-state index in [1.807, 2.05) is 37.3 Å². The van der Waals surface area contributed by atoms with Crippen LogP contribution in [0.5, 0.6) is 0 Å². The van der Waals surface area contributed by atoms with Crippen LogP contribution in [0.15, 0.2) is 46.5 Å². The maximum absolute atomic E-state index is 12.0. The average Bonchev–Trinajstić information content (AvgIpc) is 2.97. The van der Waals surface area contributed by atoms with Gasteiger partial charge in [0.2, 0.25) is 11.8 Å². The van der Waals surface area contributed by atoms with Crippen LogP contribution in [0.25, 0.3) is 17.0 Å². The molecule has 1 aliphatic rings. The summed E-state index contributed by atoms with van der Waals surface area (Å²) in [4.78, 5) is 27.7. The fraction of sp³-hybridized carbons (Fsp3) is 0.190. The van der Waals surface area contributed by atoms with Gasteiger partial charge in [0.05, 0.1) is 0 Å². The second-order valence-electron chi connectivity index (χ2n) is 6.68. The van der Waals surface area contributed by atoms with Crippen molar-refractivity contribution >= 4 is 34.7 Å². The van der Waals surface area contributed by atoms with Crippen LogP contribution in [0.2, 0.25) is 0 Å². The number of pyridine rings is 1. The number of nitrogens with one attached hydrogen (secondary N) is 1. The molecule has 3 N–H and O–H groups in total. The highest BCUT2D eigenvalue weighted by Crippen LogP contribution is 2.28. The molecular weight excluding hydrogens is 342 g/mol. The molecule has 2 aromatic heterocycles. The van der Waals surface area contributed by atoms with E-state index in [2.05, 4.69) is 10.3 Å². The smallest absolute Gasteiger partial charge is 0.245 e. The Morgan fingerprint density at radius 3 is 2.93 bits per heavy atom. The molecule has 3 heterocycles. The lowest BCUT2D eigenvalue weighted by Crippen LogP contribution is -2.20. The number of carbonyl (C=O) groups is 2. The van der Waals surface area contributed by atoms with Crippen LogP contribution in [0.4, 0.5) is 5.82 Å². The molecule has 0 radical (unpaired) electrons. The van der Waals surface area contributed by atoms with E-state index in [1.165, 1.54) is 0 Å². The number of anilines is 1. The number of hydrogen-bond acceptors (Lipinski definition) is 4. The quantitative estimate of drug-likeness (QED) is 0.698.